The fourth-order valence-corrected chi connectivity index (χ4v) is 3.00. The lowest BCUT2D eigenvalue weighted by Crippen LogP contribution is -1.88. The van der Waals surface area contributed by atoms with Gasteiger partial charge in [-0.2, -0.15) is 0 Å². The van der Waals surface area contributed by atoms with Crippen molar-refractivity contribution in [2.75, 3.05) is 0 Å². The van der Waals surface area contributed by atoms with Crippen LogP contribution in [0.3, 0.4) is 0 Å². The minimum Gasteiger partial charge on any atom is -0.259 e. The van der Waals surface area contributed by atoms with E-state index >= 15 is 0 Å². The Morgan fingerprint density at radius 2 is 1.88 bits per heavy atom. The molecular formula is C13H12BrNS. The zero-order chi connectivity index (χ0) is 11.2. The van der Waals surface area contributed by atoms with Crippen LogP contribution < -0.4 is 0 Å². The number of hydrogen-bond acceptors (Lipinski definition) is 2. The molecule has 0 unspecified atom stereocenters. The molecule has 16 heavy (non-hydrogen) atoms. The number of benzene rings is 1. The maximum Gasteiger partial charge on any atom is 0.0644 e. The van der Waals surface area contributed by atoms with E-state index in [1.807, 2.05) is 30.1 Å². The second-order valence-electron chi connectivity index (χ2n) is 3.36. The predicted octanol–water partition coefficient (Wildman–Crippen LogP) is 4.27. The van der Waals surface area contributed by atoms with Gasteiger partial charge in [0.1, 0.15) is 0 Å². The number of nitrogens with zero attached hydrogens (tertiary/aromatic N) is 1. The van der Waals surface area contributed by atoms with Gasteiger partial charge in [-0.3, -0.25) is 4.98 Å². The first kappa shape index (κ1) is 11.7. The summed E-state index contributed by atoms with van der Waals surface area (Å²) in [6, 6.07) is 14.6. The molecule has 2 aromatic rings. The van der Waals surface area contributed by atoms with Gasteiger partial charge in [0, 0.05) is 22.2 Å². The molecule has 0 spiro atoms. The molecule has 0 radical (unpaired) electrons. The second kappa shape index (κ2) is 6.06. The molecule has 0 bridgehead atoms. The third-order valence-electron chi connectivity index (χ3n) is 2.21. The number of alkyl halides is 1. The smallest absolute Gasteiger partial charge is 0.0644 e. The molecule has 0 aliphatic rings. The average Bonchev–Trinajstić information content (AvgIpc) is 2.38. The number of halogens is 1. The highest BCUT2D eigenvalue weighted by molar-refractivity contribution is 9.08. The Morgan fingerprint density at radius 3 is 2.62 bits per heavy atom. The predicted molar refractivity (Wildman–Crippen MR) is 72.9 cm³/mol. The van der Waals surface area contributed by atoms with E-state index in [1.54, 1.807) is 0 Å². The van der Waals surface area contributed by atoms with Gasteiger partial charge in [-0.05, 0) is 17.7 Å². The van der Waals surface area contributed by atoms with E-state index in [0.29, 0.717) is 0 Å². The maximum absolute atomic E-state index is 4.34. The summed E-state index contributed by atoms with van der Waals surface area (Å²) in [7, 11) is 0. The first-order chi connectivity index (χ1) is 7.90. The summed E-state index contributed by atoms with van der Waals surface area (Å²) in [4.78, 5) is 5.59. The SMILES string of the molecule is BrCc1ncccc1SCc1ccccc1. The Morgan fingerprint density at radius 1 is 1.06 bits per heavy atom. The van der Waals surface area contributed by atoms with Crippen molar-refractivity contribution < 1.29 is 0 Å². The van der Waals surface area contributed by atoms with Crippen molar-refractivity contribution in [1.29, 1.82) is 0 Å². The van der Waals surface area contributed by atoms with Crippen LogP contribution in [0.25, 0.3) is 0 Å². The van der Waals surface area contributed by atoms with E-state index in [0.717, 1.165) is 16.8 Å². The lowest BCUT2D eigenvalue weighted by Gasteiger charge is -2.05. The number of aromatic nitrogens is 1. The second-order valence-corrected chi connectivity index (χ2v) is 4.93. The van der Waals surface area contributed by atoms with E-state index in [-0.39, 0.29) is 0 Å². The Bertz CT molecular complexity index is 445. The third-order valence-corrected chi connectivity index (χ3v) is 3.90. The van der Waals surface area contributed by atoms with Gasteiger partial charge in [0.05, 0.1) is 5.69 Å². The minimum absolute atomic E-state index is 0.810. The molecule has 0 N–H and O–H groups in total. The topological polar surface area (TPSA) is 12.9 Å². The highest BCUT2D eigenvalue weighted by Crippen LogP contribution is 2.26. The van der Waals surface area contributed by atoms with Crippen LogP contribution in [-0.2, 0) is 11.1 Å². The molecule has 0 amide bonds. The Labute approximate surface area is 108 Å². The van der Waals surface area contributed by atoms with E-state index in [1.165, 1.54) is 10.5 Å². The van der Waals surface area contributed by atoms with E-state index in [4.69, 9.17) is 0 Å². The molecule has 0 atom stereocenters. The molecule has 3 heteroatoms. The monoisotopic (exact) mass is 293 g/mol. The molecule has 0 aliphatic heterocycles. The van der Waals surface area contributed by atoms with Gasteiger partial charge < -0.3 is 0 Å². The van der Waals surface area contributed by atoms with E-state index in [2.05, 4.69) is 51.2 Å². The van der Waals surface area contributed by atoms with Crippen molar-refractivity contribution in [2.45, 2.75) is 16.0 Å². The molecule has 1 aromatic heterocycles. The van der Waals surface area contributed by atoms with Crippen LogP contribution in [0, 0.1) is 0 Å². The zero-order valence-electron chi connectivity index (χ0n) is 8.77. The molecule has 0 fully saturated rings. The van der Waals surface area contributed by atoms with Gasteiger partial charge >= 0.3 is 0 Å². The fourth-order valence-electron chi connectivity index (χ4n) is 1.39. The van der Waals surface area contributed by atoms with Crippen molar-refractivity contribution >= 4 is 27.7 Å². The first-order valence-corrected chi connectivity index (χ1v) is 7.17. The normalized spacial score (nSPS) is 10.3. The molecule has 1 aromatic carbocycles. The van der Waals surface area contributed by atoms with E-state index < -0.39 is 0 Å². The molecule has 1 nitrogen and oxygen atoms in total. The first-order valence-electron chi connectivity index (χ1n) is 5.06. The Balaban J connectivity index is 2.05. The summed E-state index contributed by atoms with van der Waals surface area (Å²) < 4.78 is 0. The Kier molecular flexibility index (Phi) is 4.43. The maximum atomic E-state index is 4.34. The molecule has 0 saturated carbocycles. The standard InChI is InChI=1S/C13H12BrNS/c14-9-12-13(7-4-8-15-12)16-10-11-5-2-1-3-6-11/h1-8H,9-10H2. The summed E-state index contributed by atoms with van der Waals surface area (Å²) in [6.07, 6.45) is 1.84. The number of hydrogen-bond donors (Lipinski definition) is 0. The van der Waals surface area contributed by atoms with Crippen molar-refractivity contribution in [3.8, 4) is 0 Å². The van der Waals surface area contributed by atoms with Crippen molar-refractivity contribution in [1.82, 2.24) is 4.98 Å². The van der Waals surface area contributed by atoms with Crippen LogP contribution >= 0.6 is 27.7 Å². The molecule has 2 rings (SSSR count). The summed E-state index contributed by atoms with van der Waals surface area (Å²) in [5.74, 6) is 0.993. The molecule has 0 aliphatic carbocycles. The molecule has 1 heterocycles. The largest absolute Gasteiger partial charge is 0.259 e. The number of thioether (sulfide) groups is 1. The average molecular weight is 294 g/mol. The summed E-state index contributed by atoms with van der Waals surface area (Å²) in [5.41, 5.74) is 2.46. The summed E-state index contributed by atoms with van der Waals surface area (Å²) in [5, 5.41) is 0.810. The van der Waals surface area contributed by atoms with Crippen molar-refractivity contribution in [3.63, 3.8) is 0 Å². The van der Waals surface area contributed by atoms with Gasteiger partial charge in [-0.15, -0.1) is 11.8 Å². The van der Waals surface area contributed by atoms with Crippen LogP contribution in [0.1, 0.15) is 11.3 Å². The molecule has 0 saturated heterocycles. The molecular weight excluding hydrogens is 282 g/mol. The van der Waals surface area contributed by atoms with Gasteiger partial charge in [0.25, 0.3) is 0 Å². The third kappa shape index (κ3) is 3.09. The van der Waals surface area contributed by atoms with Crippen LogP contribution in [0.15, 0.2) is 53.6 Å². The van der Waals surface area contributed by atoms with Crippen LogP contribution in [-0.4, -0.2) is 4.98 Å². The van der Waals surface area contributed by atoms with Crippen LogP contribution in [0.4, 0.5) is 0 Å². The van der Waals surface area contributed by atoms with Crippen LogP contribution in [0.5, 0.6) is 0 Å². The van der Waals surface area contributed by atoms with E-state index in [9.17, 15) is 0 Å². The fraction of sp³-hybridized carbons (Fsp3) is 0.154. The van der Waals surface area contributed by atoms with Crippen molar-refractivity contribution in [3.05, 3.63) is 59.9 Å². The lowest BCUT2D eigenvalue weighted by atomic mass is 10.2. The van der Waals surface area contributed by atoms with Crippen LogP contribution in [0.2, 0.25) is 0 Å². The quantitative estimate of drug-likeness (QED) is 0.617. The summed E-state index contributed by atoms with van der Waals surface area (Å²) >= 11 is 5.29. The van der Waals surface area contributed by atoms with Gasteiger partial charge in [0.2, 0.25) is 0 Å². The zero-order valence-corrected chi connectivity index (χ0v) is 11.2. The minimum atomic E-state index is 0.810. The van der Waals surface area contributed by atoms with Crippen molar-refractivity contribution in [2.24, 2.45) is 0 Å². The van der Waals surface area contributed by atoms with Gasteiger partial charge in [0.15, 0.2) is 0 Å². The van der Waals surface area contributed by atoms with Gasteiger partial charge in [-0.1, -0.05) is 46.3 Å². The van der Waals surface area contributed by atoms with Gasteiger partial charge in [-0.25, -0.2) is 0 Å². The number of pyridine rings is 1. The highest BCUT2D eigenvalue weighted by Gasteiger charge is 2.02. The summed E-state index contributed by atoms with van der Waals surface area (Å²) in [6.45, 7) is 0. The number of rotatable bonds is 4. The molecule has 82 valence electrons. The highest BCUT2D eigenvalue weighted by atomic mass is 79.9. The lowest BCUT2D eigenvalue weighted by molar-refractivity contribution is 1.10. The Hall–Kier alpha value is -0.800.